The Hall–Kier alpha value is -2.48. The number of aromatic nitrogens is 1. The number of benzene rings is 2. The van der Waals surface area contributed by atoms with Crippen LogP contribution in [0.2, 0.25) is 0 Å². The maximum atomic E-state index is 11.5. The van der Waals surface area contributed by atoms with Crippen molar-refractivity contribution < 1.29 is 31.6 Å². The molecule has 0 aliphatic carbocycles. The average molecular weight is 568 g/mol. The van der Waals surface area contributed by atoms with E-state index in [4.69, 9.17) is 8.28 Å². The summed E-state index contributed by atoms with van der Waals surface area (Å²) >= 11 is 0.611. The topological polar surface area (TPSA) is 82.4 Å². The Morgan fingerprint density at radius 2 is 2.03 bits per heavy atom. The van der Waals surface area contributed by atoms with Crippen molar-refractivity contribution in [3.8, 4) is 5.75 Å². The Balaban J connectivity index is 0.000000201. The van der Waals surface area contributed by atoms with Crippen molar-refractivity contribution in [2.75, 3.05) is 19.7 Å². The number of carbonyl (C=O) groups excluding carboxylic acids is 1. The molecule has 1 amide bonds. The Bertz CT molecular complexity index is 881. The molecule has 1 aromatic heterocycles. The van der Waals surface area contributed by atoms with Gasteiger partial charge in [-0.3, -0.25) is 9.78 Å². The van der Waals surface area contributed by atoms with Gasteiger partial charge in [-0.05, 0) is 24.5 Å². The summed E-state index contributed by atoms with van der Waals surface area (Å²) in [7, 11) is 0. The summed E-state index contributed by atoms with van der Waals surface area (Å²) in [5.74, 6) is 0.639. The number of hydrogen-bond donors (Lipinski definition) is 1. The monoisotopic (exact) mass is 569 g/mol. The number of aryl methyl sites for hydroxylation is 1. The summed E-state index contributed by atoms with van der Waals surface area (Å²) in [6.45, 7) is 3.70. The van der Waals surface area contributed by atoms with E-state index in [0.29, 0.717) is 24.3 Å². The van der Waals surface area contributed by atoms with Gasteiger partial charge in [0.05, 0.1) is 0 Å². The van der Waals surface area contributed by atoms with Gasteiger partial charge in [0.2, 0.25) is 0 Å². The number of nitrogens with one attached hydrogen (secondary N) is 1. The van der Waals surface area contributed by atoms with Crippen molar-refractivity contribution in [1.82, 2.24) is 10.3 Å². The molecular weight excluding hydrogens is 544 g/mol. The van der Waals surface area contributed by atoms with Crippen LogP contribution in [-0.4, -0.2) is 36.6 Å². The first-order valence-electron chi connectivity index (χ1n) is 9.18. The quantitative estimate of drug-likeness (QED) is 0.489. The van der Waals surface area contributed by atoms with E-state index >= 15 is 0 Å². The molecule has 154 valence electrons. The van der Waals surface area contributed by atoms with E-state index in [2.05, 4.69) is 21.7 Å². The number of nitrogens with zero attached hydrogens (tertiary/aromatic N) is 2. The molecule has 1 saturated heterocycles. The fourth-order valence-electron chi connectivity index (χ4n) is 2.83. The second-order valence-corrected chi connectivity index (χ2v) is 6.38. The Kier molecular flexibility index (Phi) is 10.1. The summed E-state index contributed by atoms with van der Waals surface area (Å²) < 4.78 is 13.6. The molecule has 0 saturated carbocycles. The minimum absolute atomic E-state index is 0.0700. The fraction of sp³-hybridized carbons (Fsp3) is 0.273. The predicted molar refractivity (Wildman–Crippen MR) is 108 cm³/mol. The first-order valence-corrected chi connectivity index (χ1v) is 10.2. The number of ether oxygens (including phenoxy) is 1. The maximum absolute atomic E-state index is 11.5. The third kappa shape index (κ3) is 7.81. The van der Waals surface area contributed by atoms with Gasteiger partial charge in [-0.2, -0.15) is 0 Å². The van der Waals surface area contributed by atoms with Crippen molar-refractivity contribution in [1.29, 1.82) is 0 Å². The van der Waals surface area contributed by atoms with E-state index < -0.39 is 0 Å². The van der Waals surface area contributed by atoms with E-state index in [1.165, 1.54) is 10.9 Å². The standard InChI is InChI=1S/C12H15N2O2.C10H8N.O.Os/c15-12(14-10-6-7-13-8-10)9-16-11-4-2-1-3-5-11;1-8-6-11-7-9-4-2-3-5-10(8)9;;/h1-5,10H,6-9H2,(H,14,15);2-4,6-7H,1H3;;/q2*-1;;/t10-;;;/m0.../s1. The number of fused-ring (bicyclic) bond motifs is 1. The number of rotatable bonds is 4. The van der Waals surface area contributed by atoms with Crippen LogP contribution in [0.5, 0.6) is 5.75 Å². The normalized spacial score (nSPS) is 14.8. The van der Waals surface area contributed by atoms with E-state index in [9.17, 15) is 4.79 Å². The second-order valence-electron chi connectivity index (χ2n) is 6.38. The van der Waals surface area contributed by atoms with Crippen LogP contribution < -0.4 is 10.1 Å². The summed E-state index contributed by atoms with van der Waals surface area (Å²) in [6, 6.07) is 18.7. The summed E-state index contributed by atoms with van der Waals surface area (Å²) in [5.41, 5.74) is 1.18. The summed E-state index contributed by atoms with van der Waals surface area (Å²) in [5, 5.41) is 9.40. The number of para-hydroxylation sites is 1. The molecule has 1 atom stereocenters. The molecule has 6 nitrogen and oxygen atoms in total. The van der Waals surface area contributed by atoms with Crippen molar-refractivity contribution in [3.63, 3.8) is 0 Å². The van der Waals surface area contributed by atoms with Gasteiger partial charge in [0.1, 0.15) is 5.75 Å². The van der Waals surface area contributed by atoms with Crippen LogP contribution >= 0.6 is 0 Å². The zero-order valence-corrected chi connectivity index (χ0v) is 18.7. The molecule has 0 radical (unpaired) electrons. The molecule has 1 aliphatic rings. The molecule has 0 bridgehead atoms. The van der Waals surface area contributed by atoms with Crippen molar-refractivity contribution >= 4 is 16.7 Å². The van der Waals surface area contributed by atoms with Crippen LogP contribution in [0, 0.1) is 13.0 Å². The van der Waals surface area contributed by atoms with E-state index in [1.807, 2.05) is 67.8 Å². The third-order valence-electron chi connectivity index (χ3n) is 4.23. The van der Waals surface area contributed by atoms with E-state index in [-0.39, 0.29) is 18.6 Å². The van der Waals surface area contributed by atoms with Crippen LogP contribution in [0.1, 0.15) is 12.0 Å². The molecule has 0 unspecified atom stereocenters. The fourth-order valence-corrected chi connectivity index (χ4v) is 2.83. The number of amides is 1. The second kappa shape index (κ2) is 12.9. The van der Waals surface area contributed by atoms with E-state index in [0.717, 1.165) is 24.9 Å². The van der Waals surface area contributed by atoms with E-state index in [1.54, 1.807) is 0 Å². The zero-order chi connectivity index (χ0) is 20.9. The van der Waals surface area contributed by atoms with Gasteiger partial charge in [-0.15, -0.1) is 48.3 Å². The van der Waals surface area contributed by atoms with Crippen molar-refractivity contribution in [2.45, 2.75) is 19.4 Å². The molecule has 2 heterocycles. The third-order valence-corrected chi connectivity index (χ3v) is 4.23. The summed E-state index contributed by atoms with van der Waals surface area (Å²) in [4.78, 5) is 15.6. The molecule has 7 heteroatoms. The molecule has 3 aromatic rings. The predicted octanol–water partition coefficient (Wildman–Crippen LogP) is 3.55. The van der Waals surface area contributed by atoms with Gasteiger partial charge in [0.15, 0.2) is 6.61 Å². The van der Waals surface area contributed by atoms with Crippen molar-refractivity contribution in [3.05, 3.63) is 77.9 Å². The molecule has 1 fully saturated rings. The molecular formula is C22H23N3O3Os-2. The van der Waals surface area contributed by atoms with Crippen LogP contribution in [-0.2, 0) is 26.9 Å². The SMILES string of the molecule is Cc1cncc2ccc[c-]c12.O=C(COc1ccccc1)N[C@H]1CC[N-]C1.[O]=[Os]. The molecule has 1 N–H and O–H groups in total. The number of carbonyl (C=O) groups is 1. The molecule has 2 aromatic carbocycles. The number of hydrogen-bond acceptors (Lipinski definition) is 4. The first kappa shape index (κ1) is 22.8. The van der Waals surface area contributed by atoms with Gasteiger partial charge >= 0.3 is 22.1 Å². The van der Waals surface area contributed by atoms with Crippen LogP contribution in [0.4, 0.5) is 0 Å². The Morgan fingerprint density at radius 1 is 1.24 bits per heavy atom. The van der Waals surface area contributed by atoms with Crippen LogP contribution in [0.15, 0.2) is 60.9 Å². The summed E-state index contributed by atoms with van der Waals surface area (Å²) in [6.07, 6.45) is 4.66. The molecule has 29 heavy (non-hydrogen) atoms. The van der Waals surface area contributed by atoms with Crippen LogP contribution in [0.3, 0.4) is 0 Å². The Labute approximate surface area is 181 Å². The van der Waals surface area contributed by atoms with Gasteiger partial charge in [-0.25, -0.2) is 0 Å². The molecule has 1 aliphatic heterocycles. The van der Waals surface area contributed by atoms with Gasteiger partial charge in [-0.1, -0.05) is 36.9 Å². The number of pyridine rings is 1. The molecule has 0 spiro atoms. The van der Waals surface area contributed by atoms with Gasteiger partial charge in [0.25, 0.3) is 5.91 Å². The average Bonchev–Trinajstić information content (AvgIpc) is 3.28. The van der Waals surface area contributed by atoms with Crippen molar-refractivity contribution in [2.24, 2.45) is 0 Å². The van der Waals surface area contributed by atoms with Crippen LogP contribution in [0.25, 0.3) is 16.1 Å². The van der Waals surface area contributed by atoms with Gasteiger partial charge < -0.3 is 15.4 Å². The van der Waals surface area contributed by atoms with Gasteiger partial charge in [0, 0.05) is 6.04 Å². The Morgan fingerprint density at radius 3 is 2.72 bits per heavy atom. The minimum atomic E-state index is -0.0778. The first-order chi connectivity index (χ1) is 14.2. The zero-order valence-electron chi connectivity index (χ0n) is 16.2. The molecule has 4 rings (SSSR count).